The number of morpholine rings is 1. The Kier molecular flexibility index (Phi) is 6.03. The van der Waals surface area contributed by atoms with Gasteiger partial charge in [0.1, 0.15) is 11.3 Å². The van der Waals surface area contributed by atoms with Gasteiger partial charge in [0.2, 0.25) is 0 Å². The van der Waals surface area contributed by atoms with Gasteiger partial charge in [0.25, 0.3) is 5.92 Å². The van der Waals surface area contributed by atoms with Crippen molar-refractivity contribution in [2.75, 3.05) is 56.2 Å². The fraction of sp³-hybridized carbons (Fsp3) is 0.435. The number of hydrogen-bond donors (Lipinski definition) is 2. The Bertz CT molecular complexity index is 1140. The Labute approximate surface area is 189 Å². The maximum Gasteiger partial charge on any atom is 0.255 e. The van der Waals surface area contributed by atoms with E-state index in [0.29, 0.717) is 66.6 Å². The summed E-state index contributed by atoms with van der Waals surface area (Å²) in [4.78, 5) is 15.2. The summed E-state index contributed by atoms with van der Waals surface area (Å²) in [5.41, 5.74) is 2.62. The van der Waals surface area contributed by atoms with E-state index in [9.17, 15) is 13.2 Å². The lowest BCUT2D eigenvalue weighted by atomic mass is 9.95. The Morgan fingerprint density at radius 1 is 1.15 bits per heavy atom. The SMILES string of the molecule is Fc1cc(-c2cc3nccnc3c(NCC3CNCCC3(F)F)n2)ccc1N1CCOCC1. The molecule has 7 nitrogen and oxygen atoms in total. The molecular weight excluding hydrogens is 433 g/mol. The van der Waals surface area contributed by atoms with E-state index in [0.717, 1.165) is 0 Å². The van der Waals surface area contributed by atoms with E-state index < -0.39 is 11.8 Å². The van der Waals surface area contributed by atoms with Crippen molar-refractivity contribution < 1.29 is 17.9 Å². The topological polar surface area (TPSA) is 75.2 Å². The number of nitrogens with zero attached hydrogens (tertiary/aromatic N) is 4. The number of hydrogen-bond acceptors (Lipinski definition) is 7. The van der Waals surface area contributed by atoms with Crippen molar-refractivity contribution in [3.63, 3.8) is 0 Å². The molecule has 0 spiro atoms. The number of piperidine rings is 1. The standard InChI is InChI=1S/C23H25F3N6O/c24-17-11-15(1-2-20(17)32-7-9-33-10-8-32)18-12-19-21(29-6-5-28-19)22(31-18)30-14-16-13-27-4-3-23(16,25)26/h1-2,5-6,11-12,16,27H,3-4,7-10,13-14H2,(H,30,31). The van der Waals surface area contributed by atoms with Crippen molar-refractivity contribution in [3.05, 3.63) is 42.5 Å². The van der Waals surface area contributed by atoms with Crippen LogP contribution in [0.5, 0.6) is 0 Å². The van der Waals surface area contributed by atoms with Crippen LogP contribution >= 0.6 is 0 Å². The van der Waals surface area contributed by atoms with Gasteiger partial charge in [-0.15, -0.1) is 0 Å². The molecule has 10 heteroatoms. The van der Waals surface area contributed by atoms with E-state index >= 15 is 0 Å². The molecule has 1 atom stereocenters. The van der Waals surface area contributed by atoms with Gasteiger partial charge >= 0.3 is 0 Å². The first-order valence-electron chi connectivity index (χ1n) is 11.1. The molecule has 5 rings (SSSR count). The van der Waals surface area contributed by atoms with Gasteiger partial charge in [-0.1, -0.05) is 6.07 Å². The van der Waals surface area contributed by atoms with Crippen LogP contribution in [-0.4, -0.2) is 66.8 Å². The third kappa shape index (κ3) is 4.58. The van der Waals surface area contributed by atoms with E-state index in [1.54, 1.807) is 24.4 Å². The van der Waals surface area contributed by atoms with Crippen molar-refractivity contribution in [1.82, 2.24) is 20.3 Å². The summed E-state index contributed by atoms with van der Waals surface area (Å²) in [6.45, 7) is 2.96. The van der Waals surface area contributed by atoms with Crippen LogP contribution in [0, 0.1) is 11.7 Å². The van der Waals surface area contributed by atoms with Crippen LogP contribution in [0.15, 0.2) is 36.7 Å². The summed E-state index contributed by atoms with van der Waals surface area (Å²) in [6, 6.07) is 6.72. The Hall–Kier alpha value is -2.98. The number of nitrogens with one attached hydrogen (secondary N) is 2. The lowest BCUT2D eigenvalue weighted by Crippen LogP contribution is -2.47. The fourth-order valence-corrected chi connectivity index (χ4v) is 4.30. The highest BCUT2D eigenvalue weighted by Gasteiger charge is 2.41. The molecular formula is C23H25F3N6O. The van der Waals surface area contributed by atoms with Crippen molar-refractivity contribution in [2.45, 2.75) is 12.3 Å². The Morgan fingerprint density at radius 3 is 2.76 bits per heavy atom. The highest BCUT2D eigenvalue weighted by molar-refractivity contribution is 5.88. The predicted molar refractivity (Wildman–Crippen MR) is 120 cm³/mol. The highest BCUT2D eigenvalue weighted by atomic mass is 19.3. The lowest BCUT2D eigenvalue weighted by molar-refractivity contribution is -0.0728. The second kappa shape index (κ2) is 9.11. The zero-order valence-corrected chi connectivity index (χ0v) is 18.0. The average molecular weight is 458 g/mol. The number of benzene rings is 1. The van der Waals surface area contributed by atoms with E-state index in [2.05, 4.69) is 25.6 Å². The molecule has 2 saturated heterocycles. The summed E-state index contributed by atoms with van der Waals surface area (Å²) >= 11 is 0. The minimum Gasteiger partial charge on any atom is -0.378 e. The summed E-state index contributed by atoms with van der Waals surface area (Å²) in [6.07, 6.45) is 2.89. The van der Waals surface area contributed by atoms with Crippen molar-refractivity contribution in [1.29, 1.82) is 0 Å². The number of halogens is 3. The van der Waals surface area contributed by atoms with Gasteiger partial charge in [0.15, 0.2) is 5.82 Å². The van der Waals surface area contributed by atoms with Crippen molar-refractivity contribution in [3.8, 4) is 11.3 Å². The highest BCUT2D eigenvalue weighted by Crippen LogP contribution is 2.32. The van der Waals surface area contributed by atoms with Gasteiger partial charge in [-0.2, -0.15) is 0 Å². The van der Waals surface area contributed by atoms with Crippen LogP contribution in [0.3, 0.4) is 0 Å². The number of alkyl halides is 2. The molecule has 2 fully saturated rings. The van der Waals surface area contributed by atoms with Crippen LogP contribution in [0.25, 0.3) is 22.3 Å². The zero-order chi connectivity index (χ0) is 22.8. The van der Waals surface area contributed by atoms with Gasteiger partial charge in [-0.3, -0.25) is 4.98 Å². The molecule has 33 heavy (non-hydrogen) atoms. The minimum absolute atomic E-state index is 0.0342. The second-order valence-electron chi connectivity index (χ2n) is 8.34. The molecule has 1 aromatic carbocycles. The smallest absolute Gasteiger partial charge is 0.255 e. The van der Waals surface area contributed by atoms with Gasteiger partial charge in [0, 0.05) is 57.1 Å². The molecule has 174 valence electrons. The van der Waals surface area contributed by atoms with Crippen molar-refractivity contribution in [2.24, 2.45) is 5.92 Å². The van der Waals surface area contributed by atoms with Gasteiger partial charge in [-0.25, -0.2) is 23.1 Å². The summed E-state index contributed by atoms with van der Waals surface area (Å²) in [7, 11) is 0. The number of aromatic nitrogens is 3. The van der Waals surface area contributed by atoms with Crippen LogP contribution in [-0.2, 0) is 4.74 Å². The first kappa shape index (κ1) is 21.8. The molecule has 2 aliphatic heterocycles. The number of fused-ring (bicyclic) bond motifs is 1. The molecule has 4 heterocycles. The van der Waals surface area contributed by atoms with Crippen LogP contribution in [0.4, 0.5) is 24.7 Å². The Balaban J connectivity index is 1.45. The third-order valence-electron chi connectivity index (χ3n) is 6.19. The lowest BCUT2D eigenvalue weighted by Gasteiger charge is -2.32. The molecule has 3 aromatic rings. The maximum absolute atomic E-state index is 15.0. The summed E-state index contributed by atoms with van der Waals surface area (Å²) in [5.74, 6) is -3.61. The molecule has 2 aromatic heterocycles. The van der Waals surface area contributed by atoms with E-state index in [1.807, 2.05) is 4.90 Å². The largest absolute Gasteiger partial charge is 0.378 e. The van der Waals surface area contributed by atoms with Crippen LogP contribution < -0.4 is 15.5 Å². The van der Waals surface area contributed by atoms with E-state index in [-0.39, 0.29) is 25.3 Å². The number of anilines is 2. The van der Waals surface area contributed by atoms with E-state index in [4.69, 9.17) is 4.74 Å². The summed E-state index contributed by atoms with van der Waals surface area (Å²) < 4.78 is 48.9. The van der Waals surface area contributed by atoms with Crippen LogP contribution in [0.2, 0.25) is 0 Å². The zero-order valence-electron chi connectivity index (χ0n) is 18.0. The first-order valence-corrected chi connectivity index (χ1v) is 11.1. The average Bonchev–Trinajstić information content (AvgIpc) is 2.83. The molecule has 2 N–H and O–H groups in total. The predicted octanol–water partition coefficient (Wildman–Crippen LogP) is 3.32. The molecule has 0 amide bonds. The van der Waals surface area contributed by atoms with Crippen molar-refractivity contribution >= 4 is 22.5 Å². The van der Waals surface area contributed by atoms with Gasteiger partial charge in [-0.05, 0) is 18.2 Å². The quantitative estimate of drug-likeness (QED) is 0.608. The minimum atomic E-state index is -2.75. The van der Waals surface area contributed by atoms with Crippen LogP contribution in [0.1, 0.15) is 6.42 Å². The normalized spacial score (nSPS) is 20.7. The second-order valence-corrected chi connectivity index (χ2v) is 8.34. The number of rotatable bonds is 5. The monoisotopic (exact) mass is 458 g/mol. The molecule has 0 aliphatic carbocycles. The fourth-order valence-electron chi connectivity index (χ4n) is 4.30. The molecule has 0 bridgehead atoms. The van der Waals surface area contributed by atoms with E-state index in [1.165, 1.54) is 12.3 Å². The molecule has 0 saturated carbocycles. The first-order chi connectivity index (χ1) is 16.0. The number of ether oxygens (including phenoxy) is 1. The van der Waals surface area contributed by atoms with Gasteiger partial charge in [0.05, 0.1) is 36.0 Å². The van der Waals surface area contributed by atoms with Gasteiger partial charge < -0.3 is 20.3 Å². The third-order valence-corrected chi connectivity index (χ3v) is 6.19. The summed E-state index contributed by atoms with van der Waals surface area (Å²) in [5, 5.41) is 6.07. The molecule has 2 aliphatic rings. The molecule has 0 radical (unpaired) electrons. The number of pyridine rings is 1. The maximum atomic E-state index is 15.0. The Morgan fingerprint density at radius 2 is 1.97 bits per heavy atom. The molecule has 1 unspecified atom stereocenters.